The first kappa shape index (κ1) is 17.0. The van der Waals surface area contributed by atoms with E-state index in [1.165, 1.54) is 24.8 Å². The van der Waals surface area contributed by atoms with Crippen LogP contribution in [0.25, 0.3) is 10.9 Å². The first-order chi connectivity index (χ1) is 11.7. The van der Waals surface area contributed by atoms with Gasteiger partial charge in [-0.15, -0.1) is 0 Å². The quantitative estimate of drug-likeness (QED) is 0.795. The minimum atomic E-state index is 0.188. The highest BCUT2D eigenvalue weighted by atomic mass is 16.1. The molecule has 0 unspecified atom stereocenters. The molecule has 1 N–H and O–H groups in total. The number of hydrogen-bond acceptors (Lipinski definition) is 3. The van der Waals surface area contributed by atoms with Gasteiger partial charge < -0.3 is 10.2 Å². The molecule has 2 aromatic rings. The summed E-state index contributed by atoms with van der Waals surface area (Å²) in [6.45, 7) is 3.89. The number of likely N-dealkylation sites (tertiary alicyclic amines) is 1. The fourth-order valence-corrected chi connectivity index (χ4v) is 3.59. The van der Waals surface area contributed by atoms with Gasteiger partial charge in [0, 0.05) is 31.4 Å². The van der Waals surface area contributed by atoms with Crippen molar-refractivity contribution in [2.24, 2.45) is 5.92 Å². The van der Waals surface area contributed by atoms with Gasteiger partial charge in [-0.3, -0.25) is 9.48 Å². The van der Waals surface area contributed by atoms with Gasteiger partial charge in [0.1, 0.15) is 0 Å². The second kappa shape index (κ2) is 8.29. The summed E-state index contributed by atoms with van der Waals surface area (Å²) < 4.78 is 2.01. The summed E-state index contributed by atoms with van der Waals surface area (Å²) in [5.41, 5.74) is 1.16. The van der Waals surface area contributed by atoms with E-state index < -0.39 is 0 Å². The van der Waals surface area contributed by atoms with Crippen LogP contribution < -0.4 is 5.32 Å². The Morgan fingerprint density at radius 3 is 3.12 bits per heavy atom. The predicted molar refractivity (Wildman–Crippen MR) is 96.8 cm³/mol. The Labute approximate surface area is 144 Å². The molecule has 3 rings (SSSR count). The lowest BCUT2D eigenvalue weighted by atomic mass is 9.93. The van der Waals surface area contributed by atoms with Gasteiger partial charge >= 0.3 is 0 Å². The van der Waals surface area contributed by atoms with Gasteiger partial charge in [0.2, 0.25) is 5.91 Å². The molecule has 130 valence electrons. The van der Waals surface area contributed by atoms with Crippen molar-refractivity contribution in [3.05, 3.63) is 30.5 Å². The van der Waals surface area contributed by atoms with E-state index in [1.54, 1.807) is 0 Å². The van der Waals surface area contributed by atoms with Crippen LogP contribution in [-0.4, -0.2) is 47.3 Å². The van der Waals surface area contributed by atoms with E-state index in [1.807, 2.05) is 23.0 Å². The summed E-state index contributed by atoms with van der Waals surface area (Å²) in [6, 6.07) is 8.22. The molecule has 1 aromatic carbocycles. The third-order valence-corrected chi connectivity index (χ3v) is 4.92. The summed E-state index contributed by atoms with van der Waals surface area (Å²) in [4.78, 5) is 14.4. The van der Waals surface area contributed by atoms with Crippen LogP contribution in [0.3, 0.4) is 0 Å². The number of carbonyl (C=O) groups excluding carboxylic acids is 1. The number of aryl methyl sites for hydroxylation is 1. The molecule has 1 aliphatic heterocycles. The maximum atomic E-state index is 12.0. The first-order valence-corrected chi connectivity index (χ1v) is 9.08. The molecule has 1 aromatic heterocycles. The molecule has 1 amide bonds. The lowest BCUT2D eigenvalue weighted by molar-refractivity contribution is -0.121. The van der Waals surface area contributed by atoms with Gasteiger partial charge in [-0.1, -0.05) is 18.2 Å². The highest BCUT2D eigenvalue weighted by Crippen LogP contribution is 2.19. The van der Waals surface area contributed by atoms with Gasteiger partial charge in [0.15, 0.2) is 0 Å². The third kappa shape index (κ3) is 4.57. The van der Waals surface area contributed by atoms with Crippen LogP contribution >= 0.6 is 0 Å². The molecule has 1 aliphatic rings. The van der Waals surface area contributed by atoms with Crippen molar-refractivity contribution in [1.82, 2.24) is 20.0 Å². The molecule has 24 heavy (non-hydrogen) atoms. The zero-order valence-corrected chi connectivity index (χ0v) is 14.6. The average Bonchev–Trinajstić information content (AvgIpc) is 3.00. The molecule has 1 atom stereocenters. The van der Waals surface area contributed by atoms with Gasteiger partial charge in [0.25, 0.3) is 0 Å². The highest BCUT2D eigenvalue weighted by molar-refractivity contribution is 5.78. The molecule has 2 heterocycles. The molecule has 0 bridgehead atoms. The van der Waals surface area contributed by atoms with E-state index in [9.17, 15) is 4.79 Å². The number of aromatic nitrogens is 2. The van der Waals surface area contributed by atoms with E-state index in [-0.39, 0.29) is 5.91 Å². The van der Waals surface area contributed by atoms with E-state index in [4.69, 9.17) is 0 Å². The Morgan fingerprint density at radius 2 is 2.25 bits per heavy atom. The number of carbonyl (C=O) groups is 1. The summed E-state index contributed by atoms with van der Waals surface area (Å²) >= 11 is 0. The summed E-state index contributed by atoms with van der Waals surface area (Å²) in [6.07, 6.45) is 7.01. The van der Waals surface area contributed by atoms with Crippen molar-refractivity contribution >= 4 is 16.8 Å². The summed E-state index contributed by atoms with van der Waals surface area (Å²) in [7, 11) is 2.17. The second-order valence-corrected chi connectivity index (χ2v) is 6.94. The zero-order chi connectivity index (χ0) is 16.8. The van der Waals surface area contributed by atoms with Crippen molar-refractivity contribution in [2.45, 2.75) is 38.6 Å². The molecule has 0 saturated carbocycles. The predicted octanol–water partition coefficient (Wildman–Crippen LogP) is 2.66. The lowest BCUT2D eigenvalue weighted by Gasteiger charge is -2.29. The monoisotopic (exact) mass is 328 g/mol. The molecule has 0 spiro atoms. The van der Waals surface area contributed by atoms with Crippen LogP contribution in [0.1, 0.15) is 32.1 Å². The van der Waals surface area contributed by atoms with Gasteiger partial charge in [0.05, 0.1) is 11.7 Å². The van der Waals surface area contributed by atoms with Crippen LogP contribution in [0.5, 0.6) is 0 Å². The van der Waals surface area contributed by atoms with Crippen molar-refractivity contribution in [3.8, 4) is 0 Å². The number of para-hydroxylation sites is 1. The van der Waals surface area contributed by atoms with Crippen molar-refractivity contribution in [3.63, 3.8) is 0 Å². The van der Waals surface area contributed by atoms with Gasteiger partial charge in [-0.25, -0.2) is 0 Å². The molecule has 1 saturated heterocycles. The number of fused-ring (bicyclic) bond motifs is 1. The standard InChI is InChI=1S/C19H28N4O/c1-22-12-4-6-16(15-22)9-10-19(24)20-11-5-13-23-18-8-3-2-7-17(18)14-21-23/h2-3,7-8,14,16H,4-6,9-13,15H2,1H3,(H,20,24)/t16-/m1/s1. The SMILES string of the molecule is CN1CCC[C@H](CCC(=O)NCCCn2ncc3ccccc32)C1. The number of amides is 1. The van der Waals surface area contributed by atoms with E-state index in [0.717, 1.165) is 38.0 Å². The molecular formula is C19H28N4O. The largest absolute Gasteiger partial charge is 0.356 e. The van der Waals surface area contributed by atoms with E-state index >= 15 is 0 Å². The van der Waals surface area contributed by atoms with Crippen LogP contribution in [0.15, 0.2) is 30.5 Å². The number of nitrogens with one attached hydrogen (secondary N) is 1. The third-order valence-electron chi connectivity index (χ3n) is 4.92. The normalized spacial score (nSPS) is 18.8. The second-order valence-electron chi connectivity index (χ2n) is 6.94. The highest BCUT2D eigenvalue weighted by Gasteiger charge is 2.17. The Hall–Kier alpha value is -1.88. The number of hydrogen-bond donors (Lipinski definition) is 1. The van der Waals surface area contributed by atoms with Crippen molar-refractivity contribution < 1.29 is 4.79 Å². The fourth-order valence-electron chi connectivity index (χ4n) is 3.59. The summed E-state index contributed by atoms with van der Waals surface area (Å²) in [5.74, 6) is 0.874. The minimum absolute atomic E-state index is 0.188. The van der Waals surface area contributed by atoms with Crippen LogP contribution in [0.4, 0.5) is 0 Å². The smallest absolute Gasteiger partial charge is 0.220 e. The fraction of sp³-hybridized carbons (Fsp3) is 0.579. The number of rotatable bonds is 7. The van der Waals surface area contributed by atoms with Crippen molar-refractivity contribution in [2.75, 3.05) is 26.7 Å². The molecule has 1 fully saturated rings. The minimum Gasteiger partial charge on any atom is -0.356 e. The Balaban J connectivity index is 1.33. The van der Waals surface area contributed by atoms with Gasteiger partial charge in [-0.05, 0) is 51.3 Å². The zero-order valence-electron chi connectivity index (χ0n) is 14.6. The lowest BCUT2D eigenvalue weighted by Crippen LogP contribution is -2.33. The maximum absolute atomic E-state index is 12.0. The molecule has 0 aliphatic carbocycles. The first-order valence-electron chi connectivity index (χ1n) is 9.08. The van der Waals surface area contributed by atoms with E-state index in [2.05, 4.69) is 34.5 Å². The van der Waals surface area contributed by atoms with Crippen LogP contribution in [0, 0.1) is 5.92 Å². The number of nitrogens with zero attached hydrogens (tertiary/aromatic N) is 3. The summed E-state index contributed by atoms with van der Waals surface area (Å²) in [5, 5.41) is 8.63. The molecule has 5 heteroatoms. The van der Waals surface area contributed by atoms with Gasteiger partial charge in [-0.2, -0.15) is 5.10 Å². The Kier molecular flexibility index (Phi) is 5.86. The van der Waals surface area contributed by atoms with Crippen molar-refractivity contribution in [1.29, 1.82) is 0 Å². The van der Waals surface area contributed by atoms with Crippen LogP contribution in [0.2, 0.25) is 0 Å². The Bertz CT molecular complexity index is 666. The molecule has 0 radical (unpaired) electrons. The average molecular weight is 328 g/mol. The van der Waals surface area contributed by atoms with Crippen LogP contribution in [-0.2, 0) is 11.3 Å². The molecular weight excluding hydrogens is 300 g/mol. The van der Waals surface area contributed by atoms with E-state index in [0.29, 0.717) is 12.3 Å². The maximum Gasteiger partial charge on any atom is 0.220 e. The molecule has 5 nitrogen and oxygen atoms in total. The number of piperidine rings is 1. The number of benzene rings is 1. The topological polar surface area (TPSA) is 50.2 Å². The Morgan fingerprint density at radius 1 is 1.38 bits per heavy atom.